The molecule has 0 saturated carbocycles. The van der Waals surface area contributed by atoms with E-state index in [0.717, 1.165) is 34.4 Å². The van der Waals surface area contributed by atoms with Crippen LogP contribution in [0.1, 0.15) is 48.4 Å². The summed E-state index contributed by atoms with van der Waals surface area (Å²) in [6, 6.07) is 13.6. The fourth-order valence-electron chi connectivity index (χ4n) is 2.29. The SMILES string of the molecule is C#Cc1cccc(C#Cc2cc(CN)ccc2OCCCCC)c1. The van der Waals surface area contributed by atoms with Crippen molar-refractivity contribution in [2.75, 3.05) is 6.61 Å². The van der Waals surface area contributed by atoms with Crippen LogP contribution in [-0.2, 0) is 6.54 Å². The molecule has 2 N–H and O–H groups in total. The molecular weight excluding hydrogens is 294 g/mol. The lowest BCUT2D eigenvalue weighted by Gasteiger charge is -2.09. The van der Waals surface area contributed by atoms with Crippen molar-refractivity contribution in [3.8, 4) is 29.9 Å². The Morgan fingerprint density at radius 1 is 1.04 bits per heavy atom. The van der Waals surface area contributed by atoms with Crippen LogP contribution in [0, 0.1) is 24.2 Å². The minimum atomic E-state index is 0.484. The van der Waals surface area contributed by atoms with Gasteiger partial charge in [-0.25, -0.2) is 0 Å². The van der Waals surface area contributed by atoms with E-state index in [9.17, 15) is 0 Å². The molecule has 0 atom stereocenters. The summed E-state index contributed by atoms with van der Waals surface area (Å²) < 4.78 is 5.90. The molecule has 0 spiro atoms. The first kappa shape index (κ1) is 17.7. The summed E-state index contributed by atoms with van der Waals surface area (Å²) in [5.74, 6) is 9.80. The molecule has 0 aliphatic heterocycles. The Balaban J connectivity index is 2.23. The topological polar surface area (TPSA) is 35.2 Å². The van der Waals surface area contributed by atoms with E-state index in [4.69, 9.17) is 16.9 Å². The predicted molar refractivity (Wildman–Crippen MR) is 99.7 cm³/mol. The van der Waals surface area contributed by atoms with Crippen LogP contribution in [0.25, 0.3) is 0 Å². The third kappa shape index (κ3) is 5.20. The first-order valence-electron chi connectivity index (χ1n) is 8.31. The molecular formula is C22H23NO. The zero-order valence-corrected chi connectivity index (χ0v) is 14.1. The Bertz CT molecular complexity index is 775. The molecule has 122 valence electrons. The van der Waals surface area contributed by atoms with Crippen LogP contribution in [0.3, 0.4) is 0 Å². The molecule has 0 unspecified atom stereocenters. The first-order valence-corrected chi connectivity index (χ1v) is 8.31. The molecule has 0 aromatic heterocycles. The van der Waals surface area contributed by atoms with Gasteiger partial charge >= 0.3 is 0 Å². The summed E-state index contributed by atoms with van der Waals surface area (Å²) in [6.07, 6.45) is 8.82. The number of unbranched alkanes of at least 4 members (excludes halogenated alkanes) is 2. The van der Waals surface area contributed by atoms with Crippen LogP contribution in [0.2, 0.25) is 0 Å². The van der Waals surface area contributed by atoms with Gasteiger partial charge in [-0.05, 0) is 42.3 Å². The van der Waals surface area contributed by atoms with Crippen LogP contribution < -0.4 is 10.5 Å². The second-order valence-electron chi connectivity index (χ2n) is 5.57. The van der Waals surface area contributed by atoms with Crippen molar-refractivity contribution < 1.29 is 4.74 Å². The molecule has 0 aliphatic carbocycles. The number of nitrogens with two attached hydrogens (primary N) is 1. The van der Waals surface area contributed by atoms with Crippen molar-refractivity contribution in [1.29, 1.82) is 0 Å². The third-order valence-electron chi connectivity index (χ3n) is 3.66. The van der Waals surface area contributed by atoms with Crippen molar-refractivity contribution in [1.82, 2.24) is 0 Å². The first-order chi connectivity index (χ1) is 11.8. The average molecular weight is 317 g/mol. The summed E-state index contributed by atoms with van der Waals surface area (Å²) in [5, 5.41) is 0. The summed E-state index contributed by atoms with van der Waals surface area (Å²) in [5.41, 5.74) is 9.36. The number of ether oxygens (including phenoxy) is 1. The molecule has 0 bridgehead atoms. The maximum absolute atomic E-state index is 5.90. The molecule has 0 fully saturated rings. The fraction of sp³-hybridized carbons (Fsp3) is 0.273. The molecule has 2 heteroatoms. The van der Waals surface area contributed by atoms with Gasteiger partial charge in [0.25, 0.3) is 0 Å². The van der Waals surface area contributed by atoms with Gasteiger partial charge in [0.05, 0.1) is 12.2 Å². The smallest absolute Gasteiger partial charge is 0.134 e. The maximum Gasteiger partial charge on any atom is 0.134 e. The van der Waals surface area contributed by atoms with Gasteiger partial charge in [-0.15, -0.1) is 6.42 Å². The number of hydrogen-bond donors (Lipinski definition) is 1. The van der Waals surface area contributed by atoms with Crippen LogP contribution >= 0.6 is 0 Å². The summed E-state index contributed by atoms with van der Waals surface area (Å²) in [4.78, 5) is 0. The predicted octanol–water partition coefficient (Wildman–Crippen LogP) is 4.10. The Kier molecular flexibility index (Phi) is 6.96. The Morgan fingerprint density at radius 2 is 1.88 bits per heavy atom. The molecule has 24 heavy (non-hydrogen) atoms. The standard InChI is InChI=1S/C22H23NO/c1-3-5-6-14-24-22-13-11-20(17-23)16-21(22)12-10-19-9-7-8-18(4-2)15-19/h2,7-9,11,13,15-16H,3,5-6,14,17,23H2,1H3. The molecule has 2 aromatic rings. The summed E-state index contributed by atoms with van der Waals surface area (Å²) in [7, 11) is 0. The van der Waals surface area contributed by atoms with Crippen LogP contribution in [0.15, 0.2) is 42.5 Å². The minimum Gasteiger partial charge on any atom is -0.492 e. The lowest BCUT2D eigenvalue weighted by atomic mass is 10.1. The Hall–Kier alpha value is -2.68. The zero-order valence-electron chi connectivity index (χ0n) is 14.1. The van der Waals surface area contributed by atoms with Gasteiger partial charge in [-0.3, -0.25) is 0 Å². The highest BCUT2D eigenvalue weighted by Gasteiger charge is 2.03. The molecule has 2 aromatic carbocycles. The second kappa shape index (κ2) is 9.46. The highest BCUT2D eigenvalue weighted by atomic mass is 16.5. The highest BCUT2D eigenvalue weighted by molar-refractivity contribution is 5.52. The largest absolute Gasteiger partial charge is 0.492 e. The van der Waals surface area contributed by atoms with E-state index in [1.54, 1.807) is 0 Å². The van der Waals surface area contributed by atoms with E-state index in [1.807, 2.05) is 42.5 Å². The second-order valence-corrected chi connectivity index (χ2v) is 5.57. The van der Waals surface area contributed by atoms with E-state index < -0.39 is 0 Å². The molecule has 0 saturated heterocycles. The average Bonchev–Trinajstić information content (AvgIpc) is 2.64. The Labute approximate surface area is 145 Å². The monoisotopic (exact) mass is 317 g/mol. The van der Waals surface area contributed by atoms with Gasteiger partial charge in [0.1, 0.15) is 5.75 Å². The normalized spacial score (nSPS) is 9.71. The fourth-order valence-corrected chi connectivity index (χ4v) is 2.29. The lowest BCUT2D eigenvalue weighted by Crippen LogP contribution is -2.01. The minimum absolute atomic E-state index is 0.484. The third-order valence-corrected chi connectivity index (χ3v) is 3.66. The molecule has 0 aliphatic rings. The highest BCUT2D eigenvalue weighted by Crippen LogP contribution is 2.20. The van der Waals surface area contributed by atoms with Crippen molar-refractivity contribution in [2.45, 2.75) is 32.7 Å². The number of hydrogen-bond acceptors (Lipinski definition) is 2. The van der Waals surface area contributed by atoms with Gasteiger partial charge in [0.2, 0.25) is 0 Å². The molecule has 0 radical (unpaired) electrons. The lowest BCUT2D eigenvalue weighted by molar-refractivity contribution is 0.305. The van der Waals surface area contributed by atoms with Gasteiger partial charge in [0, 0.05) is 17.7 Å². The van der Waals surface area contributed by atoms with Gasteiger partial charge < -0.3 is 10.5 Å². The van der Waals surface area contributed by atoms with Crippen molar-refractivity contribution in [3.05, 3.63) is 64.7 Å². The van der Waals surface area contributed by atoms with Crippen LogP contribution in [0.5, 0.6) is 5.75 Å². The van der Waals surface area contributed by atoms with Crippen LogP contribution in [0.4, 0.5) is 0 Å². The molecule has 0 amide bonds. The van der Waals surface area contributed by atoms with E-state index in [0.29, 0.717) is 13.2 Å². The maximum atomic E-state index is 5.90. The summed E-state index contributed by atoms with van der Waals surface area (Å²) in [6.45, 7) is 3.37. The number of benzene rings is 2. The van der Waals surface area contributed by atoms with Crippen LogP contribution in [-0.4, -0.2) is 6.61 Å². The number of rotatable bonds is 6. The number of terminal acetylenes is 1. The van der Waals surface area contributed by atoms with Gasteiger partial charge in [-0.1, -0.05) is 49.7 Å². The van der Waals surface area contributed by atoms with Gasteiger partial charge in [-0.2, -0.15) is 0 Å². The van der Waals surface area contributed by atoms with E-state index >= 15 is 0 Å². The van der Waals surface area contributed by atoms with Crippen molar-refractivity contribution in [3.63, 3.8) is 0 Å². The molecule has 2 rings (SSSR count). The van der Waals surface area contributed by atoms with Gasteiger partial charge in [0.15, 0.2) is 0 Å². The van der Waals surface area contributed by atoms with E-state index in [1.165, 1.54) is 12.8 Å². The van der Waals surface area contributed by atoms with E-state index in [-0.39, 0.29) is 0 Å². The molecule has 0 heterocycles. The van der Waals surface area contributed by atoms with Crippen molar-refractivity contribution >= 4 is 0 Å². The van der Waals surface area contributed by atoms with Crippen molar-refractivity contribution in [2.24, 2.45) is 5.73 Å². The molecule has 2 nitrogen and oxygen atoms in total. The zero-order chi connectivity index (χ0) is 17.2. The quantitative estimate of drug-likeness (QED) is 0.643. The van der Waals surface area contributed by atoms with E-state index in [2.05, 4.69) is 24.7 Å². The Morgan fingerprint density at radius 3 is 2.62 bits per heavy atom. The summed E-state index contributed by atoms with van der Waals surface area (Å²) >= 11 is 0.